The van der Waals surface area contributed by atoms with E-state index >= 15 is 0 Å². The molecule has 3 rings (SSSR count). The summed E-state index contributed by atoms with van der Waals surface area (Å²) >= 11 is 1.72. The Balaban J connectivity index is 1.90. The van der Waals surface area contributed by atoms with E-state index in [1.54, 1.807) is 11.3 Å². The first-order valence-electron chi connectivity index (χ1n) is 6.35. The van der Waals surface area contributed by atoms with Gasteiger partial charge in [0, 0.05) is 24.0 Å². The van der Waals surface area contributed by atoms with E-state index in [2.05, 4.69) is 27.8 Å². The SMILES string of the molecule is N#Cc1cc(N(Cc2ccsc2)C2CC2)ccc1N. The van der Waals surface area contributed by atoms with Gasteiger partial charge in [-0.05, 0) is 53.4 Å². The van der Waals surface area contributed by atoms with E-state index in [0.717, 1.165) is 12.2 Å². The molecule has 2 aromatic rings. The predicted molar refractivity (Wildman–Crippen MR) is 79.1 cm³/mol. The maximum Gasteiger partial charge on any atom is 0.101 e. The predicted octanol–water partition coefficient (Wildman–Crippen LogP) is 3.37. The van der Waals surface area contributed by atoms with Crippen LogP contribution in [0.25, 0.3) is 0 Å². The lowest BCUT2D eigenvalue weighted by Gasteiger charge is -2.24. The molecule has 1 fully saturated rings. The van der Waals surface area contributed by atoms with Gasteiger partial charge in [-0.25, -0.2) is 0 Å². The summed E-state index contributed by atoms with van der Waals surface area (Å²) < 4.78 is 0. The lowest BCUT2D eigenvalue weighted by molar-refractivity contribution is 0.796. The molecule has 0 spiro atoms. The van der Waals surface area contributed by atoms with Crippen molar-refractivity contribution in [3.8, 4) is 6.07 Å². The second kappa shape index (κ2) is 4.94. The molecule has 0 saturated heterocycles. The highest BCUT2D eigenvalue weighted by atomic mass is 32.1. The molecule has 0 radical (unpaired) electrons. The van der Waals surface area contributed by atoms with Crippen LogP contribution in [-0.2, 0) is 6.54 Å². The minimum absolute atomic E-state index is 0.553. The van der Waals surface area contributed by atoms with Crippen LogP contribution in [0.1, 0.15) is 24.0 Å². The highest BCUT2D eigenvalue weighted by molar-refractivity contribution is 7.07. The Labute approximate surface area is 116 Å². The van der Waals surface area contributed by atoms with E-state index in [9.17, 15) is 0 Å². The molecule has 0 bridgehead atoms. The molecule has 0 atom stereocenters. The van der Waals surface area contributed by atoms with Crippen molar-refractivity contribution in [1.29, 1.82) is 5.26 Å². The summed E-state index contributed by atoms with van der Waals surface area (Å²) in [6.07, 6.45) is 2.47. The van der Waals surface area contributed by atoms with E-state index in [1.807, 2.05) is 18.2 Å². The second-order valence-electron chi connectivity index (χ2n) is 4.87. The second-order valence-corrected chi connectivity index (χ2v) is 5.65. The number of hydrogen-bond acceptors (Lipinski definition) is 4. The van der Waals surface area contributed by atoms with E-state index in [-0.39, 0.29) is 0 Å². The summed E-state index contributed by atoms with van der Waals surface area (Å²) in [7, 11) is 0. The van der Waals surface area contributed by atoms with Crippen LogP contribution in [0.15, 0.2) is 35.0 Å². The summed E-state index contributed by atoms with van der Waals surface area (Å²) in [5.41, 5.74) is 9.33. The maximum atomic E-state index is 9.09. The van der Waals surface area contributed by atoms with Crippen molar-refractivity contribution < 1.29 is 0 Å². The zero-order valence-corrected chi connectivity index (χ0v) is 11.4. The molecule has 0 aliphatic heterocycles. The Kier molecular flexibility index (Phi) is 3.14. The fourth-order valence-electron chi connectivity index (χ4n) is 2.22. The molecular formula is C15H15N3S. The molecule has 1 saturated carbocycles. The van der Waals surface area contributed by atoms with Crippen LogP contribution in [0.4, 0.5) is 11.4 Å². The Morgan fingerprint density at radius 1 is 1.37 bits per heavy atom. The maximum absolute atomic E-state index is 9.09. The third kappa shape index (κ3) is 2.56. The first-order valence-corrected chi connectivity index (χ1v) is 7.29. The molecule has 0 amide bonds. The number of thiophene rings is 1. The van der Waals surface area contributed by atoms with Crippen molar-refractivity contribution in [1.82, 2.24) is 0 Å². The molecule has 1 aliphatic rings. The highest BCUT2D eigenvalue weighted by Crippen LogP contribution is 2.34. The molecule has 0 unspecified atom stereocenters. The standard InChI is InChI=1S/C15H15N3S/c16-8-12-7-14(3-4-15(12)17)18(13-1-2-13)9-11-5-6-19-10-11/h3-7,10,13H,1-2,9,17H2. The van der Waals surface area contributed by atoms with Gasteiger partial charge in [0.15, 0.2) is 0 Å². The Bertz CT molecular complexity index is 609. The first kappa shape index (κ1) is 12.1. The van der Waals surface area contributed by atoms with E-state index in [4.69, 9.17) is 11.0 Å². The first-order chi connectivity index (χ1) is 9.28. The average Bonchev–Trinajstić information content (AvgIpc) is 3.14. The van der Waals surface area contributed by atoms with Crippen LogP contribution in [-0.4, -0.2) is 6.04 Å². The number of benzene rings is 1. The summed E-state index contributed by atoms with van der Waals surface area (Å²) in [5.74, 6) is 0. The van der Waals surface area contributed by atoms with Gasteiger partial charge in [-0.2, -0.15) is 16.6 Å². The van der Waals surface area contributed by atoms with Gasteiger partial charge in [0.1, 0.15) is 6.07 Å². The Hall–Kier alpha value is -1.99. The monoisotopic (exact) mass is 269 g/mol. The van der Waals surface area contributed by atoms with Crippen LogP contribution in [0, 0.1) is 11.3 Å². The Morgan fingerprint density at radius 2 is 2.21 bits per heavy atom. The van der Waals surface area contributed by atoms with Gasteiger partial charge in [0.2, 0.25) is 0 Å². The smallest absolute Gasteiger partial charge is 0.101 e. The molecule has 3 nitrogen and oxygen atoms in total. The van der Waals surface area contributed by atoms with Crippen molar-refractivity contribution in [3.63, 3.8) is 0 Å². The van der Waals surface area contributed by atoms with Crippen molar-refractivity contribution in [3.05, 3.63) is 46.2 Å². The molecule has 19 heavy (non-hydrogen) atoms. The topological polar surface area (TPSA) is 53.0 Å². The fraction of sp³-hybridized carbons (Fsp3) is 0.267. The van der Waals surface area contributed by atoms with Crippen molar-refractivity contribution in [2.24, 2.45) is 0 Å². The van der Waals surface area contributed by atoms with Gasteiger partial charge < -0.3 is 10.6 Å². The van der Waals surface area contributed by atoms with E-state index in [0.29, 0.717) is 17.3 Å². The van der Waals surface area contributed by atoms with E-state index in [1.165, 1.54) is 18.4 Å². The lowest BCUT2D eigenvalue weighted by Crippen LogP contribution is -2.24. The summed E-state index contributed by atoms with van der Waals surface area (Å²) in [4.78, 5) is 2.38. The molecule has 1 aromatic heterocycles. The normalized spacial score (nSPS) is 14.1. The van der Waals surface area contributed by atoms with Gasteiger partial charge in [-0.1, -0.05) is 0 Å². The molecule has 1 heterocycles. The summed E-state index contributed by atoms with van der Waals surface area (Å²) in [5, 5.41) is 13.4. The van der Waals surface area contributed by atoms with Crippen LogP contribution < -0.4 is 10.6 Å². The average molecular weight is 269 g/mol. The van der Waals surface area contributed by atoms with Crippen LogP contribution in [0.3, 0.4) is 0 Å². The minimum Gasteiger partial charge on any atom is -0.398 e. The number of anilines is 2. The van der Waals surface area contributed by atoms with E-state index < -0.39 is 0 Å². The fourth-order valence-corrected chi connectivity index (χ4v) is 2.88. The number of rotatable bonds is 4. The molecule has 1 aromatic carbocycles. The van der Waals surface area contributed by atoms with Gasteiger partial charge in [0.05, 0.1) is 5.56 Å². The van der Waals surface area contributed by atoms with Gasteiger partial charge in [0.25, 0.3) is 0 Å². The van der Waals surface area contributed by atoms with Crippen LogP contribution in [0.2, 0.25) is 0 Å². The zero-order valence-electron chi connectivity index (χ0n) is 10.5. The molecule has 2 N–H and O–H groups in total. The Morgan fingerprint density at radius 3 is 2.84 bits per heavy atom. The lowest BCUT2D eigenvalue weighted by atomic mass is 10.1. The number of nitrogen functional groups attached to an aromatic ring is 1. The quantitative estimate of drug-likeness (QED) is 0.866. The number of nitrogens with two attached hydrogens (primary N) is 1. The van der Waals surface area contributed by atoms with Gasteiger partial charge in [-0.3, -0.25) is 0 Å². The van der Waals surface area contributed by atoms with Crippen molar-refractivity contribution >= 4 is 22.7 Å². The highest BCUT2D eigenvalue weighted by Gasteiger charge is 2.29. The van der Waals surface area contributed by atoms with Crippen LogP contribution >= 0.6 is 11.3 Å². The molecule has 96 valence electrons. The number of nitrogens with zero attached hydrogens (tertiary/aromatic N) is 2. The number of nitriles is 1. The summed E-state index contributed by atoms with van der Waals surface area (Å²) in [6, 6.07) is 10.7. The zero-order chi connectivity index (χ0) is 13.2. The number of hydrogen-bond donors (Lipinski definition) is 1. The van der Waals surface area contributed by atoms with Crippen LogP contribution in [0.5, 0.6) is 0 Å². The minimum atomic E-state index is 0.553. The van der Waals surface area contributed by atoms with Gasteiger partial charge >= 0.3 is 0 Å². The van der Waals surface area contributed by atoms with Crippen molar-refractivity contribution in [2.75, 3.05) is 10.6 Å². The molecule has 4 heteroatoms. The molecule has 1 aliphatic carbocycles. The van der Waals surface area contributed by atoms with Crippen molar-refractivity contribution in [2.45, 2.75) is 25.4 Å². The third-order valence-electron chi connectivity index (χ3n) is 3.41. The molecular weight excluding hydrogens is 254 g/mol. The van der Waals surface area contributed by atoms with Gasteiger partial charge in [-0.15, -0.1) is 0 Å². The largest absolute Gasteiger partial charge is 0.398 e. The third-order valence-corrected chi connectivity index (χ3v) is 4.14. The summed E-state index contributed by atoms with van der Waals surface area (Å²) in [6.45, 7) is 0.906.